The van der Waals surface area contributed by atoms with Crippen molar-refractivity contribution < 1.29 is 4.79 Å². The van der Waals surface area contributed by atoms with E-state index < -0.39 is 0 Å². The highest BCUT2D eigenvalue weighted by atomic mass is 16.1. The summed E-state index contributed by atoms with van der Waals surface area (Å²) in [5, 5.41) is 0. The van der Waals surface area contributed by atoms with Crippen LogP contribution in [0.3, 0.4) is 0 Å². The van der Waals surface area contributed by atoms with Crippen LogP contribution in [-0.2, 0) is 6.54 Å². The van der Waals surface area contributed by atoms with E-state index in [4.69, 9.17) is 5.73 Å². The Kier molecular flexibility index (Phi) is 4.32. The molecular weight excluding hydrogens is 272 g/mol. The zero-order chi connectivity index (χ0) is 15.5. The third-order valence-electron chi connectivity index (χ3n) is 4.87. The van der Waals surface area contributed by atoms with E-state index >= 15 is 0 Å². The Hall–Kier alpha value is -2.03. The van der Waals surface area contributed by atoms with Crippen LogP contribution in [0.15, 0.2) is 36.4 Å². The standard InChI is InChI=1S/C19H24N2O/c1-14-17(19(20)22)12-18(16-10-6-3-7-11-16)21(14)13-15-8-4-2-5-9-15/h3,6-7,10-12,15H,2,4-5,8-9,13H2,1H3,(H2,20,22). The summed E-state index contributed by atoms with van der Waals surface area (Å²) in [6.45, 7) is 3.00. The fraction of sp³-hybridized carbons (Fsp3) is 0.421. The maximum absolute atomic E-state index is 11.7. The summed E-state index contributed by atoms with van der Waals surface area (Å²) < 4.78 is 2.30. The van der Waals surface area contributed by atoms with Gasteiger partial charge in [-0.2, -0.15) is 0 Å². The first-order valence-corrected chi connectivity index (χ1v) is 8.22. The number of aromatic nitrogens is 1. The molecule has 0 aliphatic heterocycles. The van der Waals surface area contributed by atoms with Crippen molar-refractivity contribution >= 4 is 5.91 Å². The molecule has 0 atom stereocenters. The van der Waals surface area contributed by atoms with Gasteiger partial charge >= 0.3 is 0 Å². The molecule has 3 rings (SSSR count). The van der Waals surface area contributed by atoms with Gasteiger partial charge in [0.25, 0.3) is 5.91 Å². The quantitative estimate of drug-likeness (QED) is 0.905. The maximum Gasteiger partial charge on any atom is 0.250 e. The van der Waals surface area contributed by atoms with Gasteiger partial charge in [-0.1, -0.05) is 49.6 Å². The summed E-state index contributed by atoms with van der Waals surface area (Å²) in [5.41, 5.74) is 9.46. The fourth-order valence-electron chi connectivity index (χ4n) is 3.61. The van der Waals surface area contributed by atoms with Crippen molar-refractivity contribution in [2.75, 3.05) is 0 Å². The number of amides is 1. The van der Waals surface area contributed by atoms with Crippen LogP contribution < -0.4 is 5.73 Å². The van der Waals surface area contributed by atoms with Crippen molar-refractivity contribution in [2.24, 2.45) is 11.7 Å². The Morgan fingerprint density at radius 3 is 2.50 bits per heavy atom. The van der Waals surface area contributed by atoms with Crippen LogP contribution in [0.4, 0.5) is 0 Å². The molecule has 1 aromatic carbocycles. The van der Waals surface area contributed by atoms with Crippen molar-refractivity contribution in [3.05, 3.63) is 47.7 Å². The van der Waals surface area contributed by atoms with Gasteiger partial charge in [-0.05, 0) is 37.3 Å². The minimum absolute atomic E-state index is 0.336. The lowest BCUT2D eigenvalue weighted by atomic mass is 9.89. The molecule has 22 heavy (non-hydrogen) atoms. The molecule has 116 valence electrons. The second-order valence-corrected chi connectivity index (χ2v) is 6.37. The molecule has 1 saturated carbocycles. The van der Waals surface area contributed by atoms with E-state index in [1.807, 2.05) is 31.2 Å². The number of carbonyl (C=O) groups is 1. The first-order valence-electron chi connectivity index (χ1n) is 8.22. The Labute approximate surface area is 132 Å². The molecule has 1 amide bonds. The molecule has 0 saturated heterocycles. The highest BCUT2D eigenvalue weighted by molar-refractivity contribution is 5.95. The predicted octanol–water partition coefficient (Wildman–Crippen LogP) is 4.14. The lowest BCUT2D eigenvalue weighted by Crippen LogP contribution is -2.17. The molecule has 0 spiro atoms. The van der Waals surface area contributed by atoms with Gasteiger partial charge in [-0.25, -0.2) is 0 Å². The van der Waals surface area contributed by atoms with E-state index in [1.165, 1.54) is 32.1 Å². The van der Waals surface area contributed by atoms with Crippen LogP contribution in [0.25, 0.3) is 11.3 Å². The summed E-state index contributed by atoms with van der Waals surface area (Å²) in [5.74, 6) is 0.375. The van der Waals surface area contributed by atoms with Crippen molar-refractivity contribution in [1.82, 2.24) is 4.57 Å². The molecule has 0 unspecified atom stereocenters. The molecule has 3 nitrogen and oxygen atoms in total. The molecular formula is C19H24N2O. The molecule has 1 aliphatic rings. The average molecular weight is 296 g/mol. The van der Waals surface area contributed by atoms with Gasteiger partial charge in [-0.3, -0.25) is 4.79 Å². The van der Waals surface area contributed by atoms with Gasteiger partial charge in [0.15, 0.2) is 0 Å². The Morgan fingerprint density at radius 2 is 1.86 bits per heavy atom. The van der Waals surface area contributed by atoms with E-state index in [1.54, 1.807) is 0 Å². The molecule has 1 aromatic heterocycles. The molecule has 1 aliphatic carbocycles. The van der Waals surface area contributed by atoms with Crippen molar-refractivity contribution in [1.29, 1.82) is 0 Å². The molecule has 1 fully saturated rings. The second kappa shape index (κ2) is 6.39. The van der Waals surface area contributed by atoms with Gasteiger partial charge < -0.3 is 10.3 Å². The van der Waals surface area contributed by atoms with E-state index in [-0.39, 0.29) is 5.91 Å². The zero-order valence-electron chi connectivity index (χ0n) is 13.2. The van der Waals surface area contributed by atoms with Crippen LogP contribution in [0.1, 0.15) is 48.2 Å². The Balaban J connectivity index is 2.00. The summed E-state index contributed by atoms with van der Waals surface area (Å²) in [6.07, 6.45) is 6.59. The van der Waals surface area contributed by atoms with Crippen molar-refractivity contribution in [2.45, 2.75) is 45.6 Å². The van der Waals surface area contributed by atoms with E-state index in [2.05, 4.69) is 16.7 Å². The first-order chi connectivity index (χ1) is 10.7. The molecule has 0 radical (unpaired) electrons. The van der Waals surface area contributed by atoms with Gasteiger partial charge in [0.2, 0.25) is 0 Å². The Bertz CT molecular complexity index is 652. The zero-order valence-corrected chi connectivity index (χ0v) is 13.2. The first kappa shape index (κ1) is 14.9. The SMILES string of the molecule is Cc1c(C(N)=O)cc(-c2ccccc2)n1CC1CCCCC1. The van der Waals surface area contributed by atoms with Crippen LogP contribution in [-0.4, -0.2) is 10.5 Å². The van der Waals surface area contributed by atoms with Crippen LogP contribution in [0.2, 0.25) is 0 Å². The summed E-state index contributed by atoms with van der Waals surface area (Å²) >= 11 is 0. The van der Waals surface area contributed by atoms with Gasteiger partial charge in [0.1, 0.15) is 0 Å². The highest BCUT2D eigenvalue weighted by Crippen LogP contribution is 2.31. The molecule has 1 heterocycles. The summed E-state index contributed by atoms with van der Waals surface area (Å²) in [7, 11) is 0. The molecule has 3 heteroatoms. The monoisotopic (exact) mass is 296 g/mol. The largest absolute Gasteiger partial charge is 0.366 e. The van der Waals surface area contributed by atoms with Crippen molar-refractivity contribution in [3.63, 3.8) is 0 Å². The molecule has 2 N–H and O–H groups in total. The average Bonchev–Trinajstić information content (AvgIpc) is 2.87. The predicted molar refractivity (Wildman–Crippen MR) is 89.7 cm³/mol. The normalized spacial score (nSPS) is 15.9. The van der Waals surface area contributed by atoms with E-state index in [0.717, 1.165) is 23.5 Å². The number of hydrogen-bond acceptors (Lipinski definition) is 1. The van der Waals surface area contributed by atoms with Crippen molar-refractivity contribution in [3.8, 4) is 11.3 Å². The lowest BCUT2D eigenvalue weighted by Gasteiger charge is -2.24. The fourth-order valence-corrected chi connectivity index (χ4v) is 3.61. The van der Waals surface area contributed by atoms with E-state index in [0.29, 0.717) is 11.5 Å². The highest BCUT2D eigenvalue weighted by Gasteiger charge is 2.20. The smallest absolute Gasteiger partial charge is 0.250 e. The van der Waals surface area contributed by atoms with Gasteiger partial charge in [0, 0.05) is 17.9 Å². The third kappa shape index (κ3) is 2.94. The number of nitrogens with two attached hydrogens (primary N) is 1. The molecule has 2 aromatic rings. The second-order valence-electron chi connectivity index (χ2n) is 6.37. The Morgan fingerprint density at radius 1 is 1.18 bits per heavy atom. The van der Waals surface area contributed by atoms with E-state index in [9.17, 15) is 4.79 Å². The van der Waals surface area contributed by atoms with Crippen LogP contribution >= 0.6 is 0 Å². The third-order valence-corrected chi connectivity index (χ3v) is 4.87. The lowest BCUT2D eigenvalue weighted by molar-refractivity contribution is 0.0999. The molecule has 0 bridgehead atoms. The number of nitrogens with zero attached hydrogens (tertiary/aromatic N) is 1. The summed E-state index contributed by atoms with van der Waals surface area (Å²) in [6, 6.07) is 12.2. The minimum atomic E-state index is -0.336. The number of benzene rings is 1. The number of rotatable bonds is 4. The van der Waals surface area contributed by atoms with Crippen LogP contribution in [0, 0.1) is 12.8 Å². The number of primary amides is 1. The topological polar surface area (TPSA) is 48.0 Å². The minimum Gasteiger partial charge on any atom is -0.366 e. The summed E-state index contributed by atoms with van der Waals surface area (Å²) in [4.78, 5) is 11.7. The number of hydrogen-bond donors (Lipinski definition) is 1. The maximum atomic E-state index is 11.7. The van der Waals surface area contributed by atoms with Gasteiger partial charge in [-0.15, -0.1) is 0 Å². The number of carbonyl (C=O) groups excluding carboxylic acids is 1. The van der Waals surface area contributed by atoms with Gasteiger partial charge in [0.05, 0.1) is 5.56 Å². The van der Waals surface area contributed by atoms with Crippen LogP contribution in [0.5, 0.6) is 0 Å².